The van der Waals surface area contributed by atoms with Gasteiger partial charge in [0.2, 0.25) is 5.91 Å². The Bertz CT molecular complexity index is 362. The average molecular weight is 208 g/mol. The lowest BCUT2D eigenvalue weighted by molar-refractivity contribution is 0.0660. The van der Waals surface area contributed by atoms with Crippen molar-refractivity contribution >= 4 is 11.6 Å². The SMILES string of the molecule is CC(C)OCc1ccc(C(N)=O)cc1N. The van der Waals surface area contributed by atoms with Gasteiger partial charge in [-0.3, -0.25) is 4.79 Å². The Balaban J connectivity index is 2.79. The molecule has 0 atom stereocenters. The van der Waals surface area contributed by atoms with Gasteiger partial charge in [-0.25, -0.2) is 0 Å². The summed E-state index contributed by atoms with van der Waals surface area (Å²) < 4.78 is 5.41. The monoisotopic (exact) mass is 208 g/mol. The first-order valence-corrected chi connectivity index (χ1v) is 4.80. The minimum Gasteiger partial charge on any atom is -0.398 e. The van der Waals surface area contributed by atoms with Crippen molar-refractivity contribution in [3.05, 3.63) is 29.3 Å². The van der Waals surface area contributed by atoms with E-state index in [1.54, 1.807) is 18.2 Å². The van der Waals surface area contributed by atoms with Gasteiger partial charge in [-0.2, -0.15) is 0 Å². The molecule has 1 rings (SSSR count). The second kappa shape index (κ2) is 4.79. The van der Waals surface area contributed by atoms with Crippen LogP contribution in [0.15, 0.2) is 18.2 Å². The number of primary amides is 1. The molecule has 15 heavy (non-hydrogen) atoms. The Morgan fingerprint density at radius 3 is 2.60 bits per heavy atom. The number of nitrogens with two attached hydrogens (primary N) is 2. The number of hydrogen-bond acceptors (Lipinski definition) is 3. The molecule has 0 aliphatic carbocycles. The van der Waals surface area contributed by atoms with Crippen LogP contribution in [0.1, 0.15) is 29.8 Å². The summed E-state index contributed by atoms with van der Waals surface area (Å²) in [5.41, 5.74) is 12.7. The molecule has 4 N–H and O–H groups in total. The molecule has 4 heteroatoms. The topological polar surface area (TPSA) is 78.3 Å². The molecule has 0 bridgehead atoms. The summed E-state index contributed by atoms with van der Waals surface area (Å²) in [6.45, 7) is 4.35. The van der Waals surface area contributed by atoms with Crippen molar-refractivity contribution in [2.45, 2.75) is 26.6 Å². The number of hydrogen-bond donors (Lipinski definition) is 2. The van der Waals surface area contributed by atoms with E-state index in [1.807, 2.05) is 13.8 Å². The predicted octanol–water partition coefficient (Wildman–Crippen LogP) is 1.29. The van der Waals surface area contributed by atoms with E-state index in [0.29, 0.717) is 17.9 Å². The lowest BCUT2D eigenvalue weighted by Crippen LogP contribution is -2.12. The summed E-state index contributed by atoms with van der Waals surface area (Å²) in [7, 11) is 0. The molecule has 0 fully saturated rings. The smallest absolute Gasteiger partial charge is 0.248 e. The number of rotatable bonds is 4. The zero-order valence-electron chi connectivity index (χ0n) is 8.99. The number of amides is 1. The van der Waals surface area contributed by atoms with E-state index in [4.69, 9.17) is 16.2 Å². The zero-order chi connectivity index (χ0) is 11.4. The number of benzene rings is 1. The summed E-state index contributed by atoms with van der Waals surface area (Å²) in [5, 5.41) is 0. The summed E-state index contributed by atoms with van der Waals surface area (Å²) in [6.07, 6.45) is 0.153. The van der Waals surface area contributed by atoms with E-state index in [9.17, 15) is 4.79 Å². The number of nitrogen functional groups attached to an aromatic ring is 1. The van der Waals surface area contributed by atoms with Crippen LogP contribution in [0.2, 0.25) is 0 Å². The fourth-order valence-corrected chi connectivity index (χ4v) is 1.14. The first-order valence-electron chi connectivity index (χ1n) is 4.80. The van der Waals surface area contributed by atoms with Crippen LogP contribution in [-0.2, 0) is 11.3 Å². The van der Waals surface area contributed by atoms with Crippen LogP contribution in [-0.4, -0.2) is 12.0 Å². The van der Waals surface area contributed by atoms with Gasteiger partial charge in [0.25, 0.3) is 0 Å². The van der Waals surface area contributed by atoms with Gasteiger partial charge in [-0.1, -0.05) is 6.07 Å². The maximum atomic E-state index is 10.9. The molecule has 0 aliphatic heterocycles. The molecule has 0 saturated carbocycles. The highest BCUT2D eigenvalue weighted by Gasteiger charge is 2.05. The molecule has 0 unspecified atom stereocenters. The molecule has 1 aromatic carbocycles. The molecule has 0 saturated heterocycles. The third-order valence-corrected chi connectivity index (χ3v) is 2.00. The normalized spacial score (nSPS) is 10.6. The molecule has 0 heterocycles. The summed E-state index contributed by atoms with van der Waals surface area (Å²) in [5.74, 6) is -0.474. The highest BCUT2D eigenvalue weighted by molar-refractivity contribution is 5.93. The van der Waals surface area contributed by atoms with Gasteiger partial charge in [0, 0.05) is 16.8 Å². The molecular formula is C11H16N2O2. The van der Waals surface area contributed by atoms with Crippen molar-refractivity contribution in [2.75, 3.05) is 5.73 Å². The summed E-state index contributed by atoms with van der Waals surface area (Å²) in [4.78, 5) is 10.9. The number of carbonyl (C=O) groups excluding carboxylic acids is 1. The van der Waals surface area contributed by atoms with Gasteiger partial charge in [-0.15, -0.1) is 0 Å². The van der Waals surface area contributed by atoms with Crippen molar-refractivity contribution < 1.29 is 9.53 Å². The summed E-state index contributed by atoms with van der Waals surface area (Å²) >= 11 is 0. The van der Waals surface area contributed by atoms with Crippen LogP contribution in [0, 0.1) is 0 Å². The lowest BCUT2D eigenvalue weighted by atomic mass is 10.1. The Hall–Kier alpha value is -1.55. The van der Waals surface area contributed by atoms with Crippen molar-refractivity contribution in [1.29, 1.82) is 0 Å². The second-order valence-corrected chi connectivity index (χ2v) is 3.64. The van der Waals surface area contributed by atoms with E-state index >= 15 is 0 Å². The van der Waals surface area contributed by atoms with E-state index in [1.165, 1.54) is 0 Å². The largest absolute Gasteiger partial charge is 0.398 e. The fraction of sp³-hybridized carbons (Fsp3) is 0.364. The fourth-order valence-electron chi connectivity index (χ4n) is 1.14. The predicted molar refractivity (Wildman–Crippen MR) is 59.3 cm³/mol. The molecule has 0 aliphatic rings. The van der Waals surface area contributed by atoms with E-state index in [-0.39, 0.29) is 6.10 Å². The molecular weight excluding hydrogens is 192 g/mol. The minimum atomic E-state index is -0.474. The zero-order valence-corrected chi connectivity index (χ0v) is 8.99. The van der Waals surface area contributed by atoms with Gasteiger partial charge in [0.1, 0.15) is 0 Å². The van der Waals surface area contributed by atoms with Gasteiger partial charge in [-0.05, 0) is 26.0 Å². The van der Waals surface area contributed by atoms with E-state index in [2.05, 4.69) is 0 Å². The Morgan fingerprint density at radius 2 is 2.13 bits per heavy atom. The first-order chi connectivity index (χ1) is 7.00. The first kappa shape index (κ1) is 11.5. The Morgan fingerprint density at radius 1 is 1.47 bits per heavy atom. The molecule has 0 aromatic heterocycles. The molecule has 1 aromatic rings. The van der Waals surface area contributed by atoms with Crippen LogP contribution in [0.25, 0.3) is 0 Å². The van der Waals surface area contributed by atoms with Crippen LogP contribution >= 0.6 is 0 Å². The van der Waals surface area contributed by atoms with Crippen molar-refractivity contribution in [3.63, 3.8) is 0 Å². The van der Waals surface area contributed by atoms with Crippen molar-refractivity contribution in [2.24, 2.45) is 5.73 Å². The van der Waals surface area contributed by atoms with Gasteiger partial charge in [0.05, 0.1) is 12.7 Å². The quantitative estimate of drug-likeness (QED) is 0.732. The number of ether oxygens (including phenoxy) is 1. The maximum absolute atomic E-state index is 10.9. The van der Waals surface area contributed by atoms with Crippen LogP contribution in [0.5, 0.6) is 0 Å². The highest BCUT2D eigenvalue weighted by Crippen LogP contribution is 2.15. The number of carbonyl (C=O) groups is 1. The van der Waals surface area contributed by atoms with Gasteiger partial charge < -0.3 is 16.2 Å². The minimum absolute atomic E-state index is 0.153. The highest BCUT2D eigenvalue weighted by atomic mass is 16.5. The van der Waals surface area contributed by atoms with Crippen LogP contribution in [0.3, 0.4) is 0 Å². The lowest BCUT2D eigenvalue weighted by Gasteiger charge is -2.10. The molecule has 4 nitrogen and oxygen atoms in total. The third-order valence-electron chi connectivity index (χ3n) is 2.00. The summed E-state index contributed by atoms with van der Waals surface area (Å²) in [6, 6.07) is 4.98. The molecule has 82 valence electrons. The maximum Gasteiger partial charge on any atom is 0.248 e. The van der Waals surface area contributed by atoms with E-state index in [0.717, 1.165) is 5.56 Å². The third kappa shape index (κ3) is 3.25. The van der Waals surface area contributed by atoms with Crippen molar-refractivity contribution in [3.8, 4) is 0 Å². The van der Waals surface area contributed by atoms with Crippen LogP contribution < -0.4 is 11.5 Å². The van der Waals surface area contributed by atoms with Crippen LogP contribution in [0.4, 0.5) is 5.69 Å². The molecule has 0 radical (unpaired) electrons. The number of anilines is 1. The van der Waals surface area contributed by atoms with Gasteiger partial charge in [0.15, 0.2) is 0 Å². The van der Waals surface area contributed by atoms with E-state index < -0.39 is 5.91 Å². The average Bonchev–Trinajstić information content (AvgIpc) is 2.15. The standard InChI is InChI=1S/C11H16N2O2/c1-7(2)15-6-9-4-3-8(11(13)14)5-10(9)12/h3-5,7H,6,12H2,1-2H3,(H2,13,14). The van der Waals surface area contributed by atoms with Gasteiger partial charge >= 0.3 is 0 Å². The van der Waals surface area contributed by atoms with Crippen molar-refractivity contribution in [1.82, 2.24) is 0 Å². The Kier molecular flexibility index (Phi) is 3.68. The second-order valence-electron chi connectivity index (χ2n) is 3.64. The molecule has 0 spiro atoms. The Labute approximate surface area is 89.2 Å². The molecule has 1 amide bonds.